The molecule has 100 valence electrons. The minimum atomic E-state index is -4.38. The van der Waals surface area contributed by atoms with Crippen molar-refractivity contribution in [2.75, 3.05) is 33.2 Å². The average Bonchev–Trinajstić information content (AvgIpc) is 2.57. The lowest BCUT2D eigenvalue weighted by Gasteiger charge is -2.15. The van der Waals surface area contributed by atoms with E-state index >= 15 is 0 Å². The zero-order valence-electron chi connectivity index (χ0n) is 9.17. The molecule has 0 unspecified atom stereocenters. The summed E-state index contributed by atoms with van der Waals surface area (Å²) in [5.74, 6) is -0.178. The fraction of sp³-hybridized carbons (Fsp3) is 0.750. The Bertz CT molecular complexity index is 295. The Labute approximate surface area is 114 Å². The third kappa shape index (κ3) is 6.54. The molecule has 1 aliphatic heterocycles. The van der Waals surface area contributed by atoms with Gasteiger partial charge in [-0.2, -0.15) is 13.2 Å². The third-order valence-corrected chi connectivity index (χ3v) is 1.95. The molecule has 0 spiro atoms. The maximum atomic E-state index is 11.8. The number of carbonyl (C=O) groups is 1. The number of nitrogens with one attached hydrogen (secondary N) is 2. The van der Waals surface area contributed by atoms with Gasteiger partial charge in [0, 0.05) is 13.6 Å². The maximum Gasteiger partial charge on any atom is 0.405 e. The van der Waals surface area contributed by atoms with Crippen molar-refractivity contribution in [1.29, 1.82) is 0 Å². The maximum absolute atomic E-state index is 11.8. The van der Waals surface area contributed by atoms with E-state index in [1.54, 1.807) is 17.3 Å². The number of hydrogen-bond donors (Lipinski definition) is 2. The van der Waals surface area contributed by atoms with E-state index in [-0.39, 0.29) is 30.5 Å². The minimum absolute atomic E-state index is 0. The van der Waals surface area contributed by atoms with Gasteiger partial charge in [-0.3, -0.25) is 9.79 Å². The van der Waals surface area contributed by atoms with Gasteiger partial charge >= 0.3 is 6.18 Å². The monoisotopic (exact) mass is 366 g/mol. The molecule has 0 bridgehead atoms. The lowest BCUT2D eigenvalue weighted by Crippen LogP contribution is -2.44. The van der Waals surface area contributed by atoms with E-state index in [4.69, 9.17) is 0 Å². The summed E-state index contributed by atoms with van der Waals surface area (Å²) in [5, 5.41) is 4.43. The van der Waals surface area contributed by atoms with Gasteiger partial charge in [0.25, 0.3) is 0 Å². The summed E-state index contributed by atoms with van der Waals surface area (Å²) >= 11 is 0. The summed E-state index contributed by atoms with van der Waals surface area (Å²) in [6, 6.07) is 0. The molecular weight excluding hydrogens is 352 g/mol. The van der Waals surface area contributed by atoms with Crippen LogP contribution >= 0.6 is 24.0 Å². The van der Waals surface area contributed by atoms with Crippen LogP contribution in [0.2, 0.25) is 0 Å². The van der Waals surface area contributed by atoms with Crippen LogP contribution < -0.4 is 10.6 Å². The molecule has 5 nitrogen and oxygen atoms in total. The molecule has 9 heteroatoms. The van der Waals surface area contributed by atoms with Crippen molar-refractivity contribution in [1.82, 2.24) is 15.5 Å². The molecule has 0 saturated heterocycles. The van der Waals surface area contributed by atoms with E-state index in [0.717, 1.165) is 6.54 Å². The Morgan fingerprint density at radius 2 is 2.18 bits per heavy atom. The van der Waals surface area contributed by atoms with Gasteiger partial charge in [0.05, 0.1) is 13.1 Å². The number of carbonyl (C=O) groups excluding carboxylic acids is 1. The Balaban J connectivity index is 0.00000256. The number of hydrogen-bond acceptors (Lipinski definition) is 4. The zero-order valence-corrected chi connectivity index (χ0v) is 11.5. The Kier molecular flexibility index (Phi) is 6.57. The number of nitrogens with zero attached hydrogens (tertiary/aromatic N) is 2. The lowest BCUT2D eigenvalue weighted by molar-refractivity contribution is -0.137. The number of likely N-dealkylation sites (N-methyl/N-ethyl adjacent to an activating group) is 1. The number of guanidine groups is 1. The predicted octanol–water partition coefficient (Wildman–Crippen LogP) is 0.174. The largest absolute Gasteiger partial charge is 0.405 e. The van der Waals surface area contributed by atoms with Crippen molar-refractivity contribution < 1.29 is 18.0 Å². The molecule has 0 aromatic rings. The van der Waals surface area contributed by atoms with Gasteiger partial charge in [-0.15, -0.1) is 24.0 Å². The standard InChI is InChI=1S/C8H13F3N4O.HI/c1-15-3-2-12-7(15)13-4-6(16)14-5-8(9,10)11;/h2-5H2,1H3,(H,12,13)(H,14,16);1H. The first-order valence-electron chi connectivity index (χ1n) is 4.71. The molecule has 2 N–H and O–H groups in total. The first-order chi connectivity index (χ1) is 7.38. The van der Waals surface area contributed by atoms with Gasteiger partial charge in [-0.25, -0.2) is 0 Å². The number of halogens is 4. The average molecular weight is 366 g/mol. The lowest BCUT2D eigenvalue weighted by atomic mass is 10.5. The highest BCUT2D eigenvalue weighted by molar-refractivity contribution is 14.0. The van der Waals surface area contributed by atoms with Crippen LogP contribution in [0.3, 0.4) is 0 Å². The zero-order chi connectivity index (χ0) is 12.2. The normalized spacial score (nSPS) is 15.1. The highest BCUT2D eigenvalue weighted by Crippen LogP contribution is 2.11. The Morgan fingerprint density at radius 3 is 2.65 bits per heavy atom. The summed E-state index contributed by atoms with van der Waals surface area (Å²) < 4.78 is 35.3. The molecule has 0 aliphatic carbocycles. The number of rotatable bonds is 3. The summed E-state index contributed by atoms with van der Waals surface area (Å²) in [6.45, 7) is -0.148. The molecule has 0 radical (unpaired) electrons. The second-order valence-corrected chi connectivity index (χ2v) is 3.37. The van der Waals surface area contributed by atoms with E-state index in [2.05, 4.69) is 10.3 Å². The van der Waals surface area contributed by atoms with Crippen molar-refractivity contribution in [3.63, 3.8) is 0 Å². The Hall–Kier alpha value is -0.740. The molecule has 1 aliphatic rings. The van der Waals surface area contributed by atoms with E-state index in [1.165, 1.54) is 0 Å². The molecule has 0 saturated carbocycles. The van der Waals surface area contributed by atoms with Crippen LogP contribution in [0, 0.1) is 0 Å². The smallest absolute Gasteiger partial charge is 0.347 e. The second kappa shape index (κ2) is 6.87. The van der Waals surface area contributed by atoms with Crippen molar-refractivity contribution >= 4 is 35.8 Å². The SMILES string of the molecule is CN1CCN=C1NCC(=O)NCC(F)(F)F.I. The van der Waals surface area contributed by atoms with Gasteiger partial charge in [0.1, 0.15) is 6.54 Å². The van der Waals surface area contributed by atoms with Crippen LogP contribution in [0.1, 0.15) is 0 Å². The highest BCUT2D eigenvalue weighted by Gasteiger charge is 2.27. The van der Waals surface area contributed by atoms with Crippen LogP contribution in [0.5, 0.6) is 0 Å². The van der Waals surface area contributed by atoms with Gasteiger partial charge < -0.3 is 15.5 Å². The van der Waals surface area contributed by atoms with Gasteiger partial charge in [0.15, 0.2) is 5.96 Å². The third-order valence-electron chi connectivity index (χ3n) is 1.95. The molecule has 1 amide bonds. The molecule has 0 aromatic heterocycles. The van der Waals surface area contributed by atoms with E-state index in [1.807, 2.05) is 0 Å². The van der Waals surface area contributed by atoms with Gasteiger partial charge in [-0.1, -0.05) is 0 Å². The molecule has 0 fully saturated rings. The van der Waals surface area contributed by atoms with Crippen molar-refractivity contribution in [2.45, 2.75) is 6.18 Å². The fourth-order valence-corrected chi connectivity index (χ4v) is 1.14. The van der Waals surface area contributed by atoms with Crippen LogP contribution in [-0.2, 0) is 4.79 Å². The molecule has 0 aromatic carbocycles. The van der Waals surface area contributed by atoms with E-state index in [9.17, 15) is 18.0 Å². The first kappa shape index (κ1) is 16.3. The second-order valence-electron chi connectivity index (χ2n) is 3.37. The summed E-state index contributed by atoms with van der Waals surface area (Å²) in [4.78, 5) is 16.8. The van der Waals surface area contributed by atoms with Crippen LogP contribution in [-0.4, -0.2) is 56.2 Å². The van der Waals surface area contributed by atoms with Crippen LogP contribution in [0.4, 0.5) is 13.2 Å². The molecule has 17 heavy (non-hydrogen) atoms. The highest BCUT2D eigenvalue weighted by atomic mass is 127. The fourth-order valence-electron chi connectivity index (χ4n) is 1.14. The van der Waals surface area contributed by atoms with Crippen molar-refractivity contribution in [3.05, 3.63) is 0 Å². The molecular formula is C8H14F3IN4O. The summed E-state index contributed by atoms with van der Waals surface area (Å²) in [6.07, 6.45) is -4.38. The van der Waals surface area contributed by atoms with Gasteiger partial charge in [-0.05, 0) is 0 Å². The number of alkyl halides is 3. The predicted molar refractivity (Wildman–Crippen MR) is 67.4 cm³/mol. The van der Waals surface area contributed by atoms with Gasteiger partial charge in [0.2, 0.25) is 5.91 Å². The summed E-state index contributed by atoms with van der Waals surface area (Å²) in [5.41, 5.74) is 0. The minimum Gasteiger partial charge on any atom is -0.347 e. The molecule has 1 rings (SSSR count). The Morgan fingerprint density at radius 1 is 1.53 bits per heavy atom. The molecule has 1 heterocycles. The number of amides is 1. The summed E-state index contributed by atoms with van der Waals surface area (Å²) in [7, 11) is 1.78. The van der Waals surface area contributed by atoms with Crippen molar-refractivity contribution in [2.24, 2.45) is 4.99 Å². The quantitative estimate of drug-likeness (QED) is 0.701. The topological polar surface area (TPSA) is 56.7 Å². The molecule has 0 atom stereocenters. The number of aliphatic imine (C=N–C) groups is 1. The first-order valence-corrected chi connectivity index (χ1v) is 4.71. The van der Waals surface area contributed by atoms with E-state index in [0.29, 0.717) is 12.5 Å². The van der Waals surface area contributed by atoms with Crippen LogP contribution in [0.25, 0.3) is 0 Å². The van der Waals surface area contributed by atoms with Crippen molar-refractivity contribution in [3.8, 4) is 0 Å². The van der Waals surface area contributed by atoms with Crippen LogP contribution in [0.15, 0.2) is 4.99 Å². The van der Waals surface area contributed by atoms with E-state index < -0.39 is 18.6 Å².